The minimum atomic E-state index is -4.67. The van der Waals surface area contributed by atoms with E-state index in [1.54, 1.807) is 0 Å². The first-order valence-corrected chi connectivity index (χ1v) is 3.74. The van der Waals surface area contributed by atoms with Crippen LogP contribution in [0, 0.1) is 0 Å². The van der Waals surface area contributed by atoms with Crippen LogP contribution in [0.2, 0.25) is 0 Å². The first kappa shape index (κ1) is 15.8. The molecule has 0 fully saturated rings. The van der Waals surface area contributed by atoms with Crippen molar-refractivity contribution in [1.29, 1.82) is 0 Å². The fraction of sp³-hybridized carbons (Fsp3) is 0. The Morgan fingerprint density at radius 3 is 1.12 bits per heavy atom. The van der Waals surface area contributed by atoms with E-state index in [1.807, 2.05) is 0 Å². The molecule has 0 rings (SSSR count). The van der Waals surface area contributed by atoms with Crippen LogP contribution in [0.5, 0.6) is 0 Å². The van der Waals surface area contributed by atoms with E-state index in [2.05, 4.69) is 0 Å². The summed E-state index contributed by atoms with van der Waals surface area (Å²) in [6.45, 7) is 0. The zero-order chi connectivity index (χ0) is 6.50. The van der Waals surface area contributed by atoms with Gasteiger partial charge in [-0.1, -0.05) is 0 Å². The number of hydrogen-bond donors (Lipinski definition) is 3. The first-order chi connectivity index (χ1) is 3.00. The van der Waals surface area contributed by atoms with Crippen molar-refractivity contribution in [2.75, 3.05) is 0 Å². The van der Waals surface area contributed by atoms with Crippen LogP contribution in [0.4, 0.5) is 0 Å². The zero-order valence-electron chi connectivity index (χ0n) is 3.77. The van der Waals surface area contributed by atoms with Crippen molar-refractivity contribution in [2.45, 2.75) is 0 Å². The number of rotatable bonds is 0. The Hall–Kier alpha value is 0.413. The molecule has 0 aliphatic rings. The fourth-order valence-electron chi connectivity index (χ4n) is 0. The van der Waals surface area contributed by atoms with Crippen LogP contribution >= 0.6 is 0 Å². The van der Waals surface area contributed by atoms with Gasteiger partial charge >= 0.3 is 33.0 Å². The van der Waals surface area contributed by atoms with Crippen LogP contribution in [0.25, 0.3) is 0 Å². The van der Waals surface area contributed by atoms with E-state index in [-0.39, 0.29) is 5.48 Å². The van der Waals surface area contributed by atoms with Gasteiger partial charge in [0.15, 0.2) is 0 Å². The molecule has 0 aromatic heterocycles. The van der Waals surface area contributed by atoms with E-state index in [0.29, 0.717) is 18.7 Å². The van der Waals surface area contributed by atoms with Crippen LogP contribution in [-0.2, 0) is 29.1 Å². The molecule has 0 aliphatic carbocycles. The molecular weight excluding hydrogens is 193 g/mol. The SMILES string of the molecule is O.O=S(=O)(O)O.[OH][Zn]. The first-order valence-electron chi connectivity index (χ1n) is 1.01. The molecule has 6 nitrogen and oxygen atoms in total. The molecule has 0 saturated heterocycles. The molecule has 0 aliphatic heterocycles. The number of hydrogen-bond acceptors (Lipinski definition) is 3. The van der Waals surface area contributed by atoms with Crippen molar-refractivity contribution in [1.82, 2.24) is 0 Å². The van der Waals surface area contributed by atoms with Crippen LogP contribution in [0.15, 0.2) is 0 Å². The Kier molecular flexibility index (Phi) is 14.6. The molecule has 8 heavy (non-hydrogen) atoms. The van der Waals surface area contributed by atoms with E-state index in [0.717, 1.165) is 0 Å². The molecule has 49 valence electrons. The molecule has 0 unspecified atom stereocenters. The molecule has 5 N–H and O–H groups in total. The van der Waals surface area contributed by atoms with Crippen LogP contribution in [0.3, 0.4) is 0 Å². The average Bonchev–Trinajstić information content (AvgIpc) is 1.36. The maximum atomic E-state index is 8.74. The quantitative estimate of drug-likeness (QED) is 0.305. The van der Waals surface area contributed by atoms with Crippen molar-refractivity contribution in [3.8, 4) is 0 Å². The monoisotopic (exact) mass is 197 g/mol. The third-order valence-corrected chi connectivity index (χ3v) is 0. The summed E-state index contributed by atoms with van der Waals surface area (Å²) in [5.74, 6) is 0. The molecule has 0 spiro atoms. The normalized spacial score (nSPS) is 8.12. The zero-order valence-corrected chi connectivity index (χ0v) is 7.56. The van der Waals surface area contributed by atoms with E-state index >= 15 is 0 Å². The van der Waals surface area contributed by atoms with Crippen molar-refractivity contribution in [2.24, 2.45) is 0 Å². The molecule has 0 bridgehead atoms. The van der Waals surface area contributed by atoms with E-state index in [4.69, 9.17) is 21.5 Å². The summed E-state index contributed by atoms with van der Waals surface area (Å²) < 4.78 is 38.7. The summed E-state index contributed by atoms with van der Waals surface area (Å²) in [5, 5.41) is 0. The van der Waals surface area contributed by atoms with Gasteiger partial charge in [0.25, 0.3) is 0 Å². The molecule has 0 amide bonds. The van der Waals surface area contributed by atoms with Gasteiger partial charge in [-0.05, 0) is 0 Å². The van der Waals surface area contributed by atoms with Crippen molar-refractivity contribution >= 4 is 10.4 Å². The van der Waals surface area contributed by atoms with Gasteiger partial charge in [0, 0.05) is 0 Å². The second-order valence-electron chi connectivity index (χ2n) is 0.448. The van der Waals surface area contributed by atoms with Crippen LogP contribution in [-0.4, -0.2) is 26.9 Å². The topological polar surface area (TPSA) is 126 Å². The van der Waals surface area contributed by atoms with E-state index < -0.39 is 10.4 Å². The summed E-state index contributed by atoms with van der Waals surface area (Å²) in [4.78, 5) is 0. The standard InChI is InChI=1S/H2O4S.2H2O.Zn/c1-5(2,3)4;;;/h(H2,1,2,3,4);2*1H2;/q;;;+1/p-1. The Labute approximate surface area is 56.5 Å². The Balaban J connectivity index is -0.0000000750. The summed E-state index contributed by atoms with van der Waals surface area (Å²) in [6, 6.07) is 0. The molecule has 0 saturated carbocycles. The summed E-state index contributed by atoms with van der Waals surface area (Å²) in [5.41, 5.74) is 0. The summed E-state index contributed by atoms with van der Waals surface area (Å²) >= 11 is 0.375. The minimum absolute atomic E-state index is 0. The summed E-state index contributed by atoms with van der Waals surface area (Å²) in [6.07, 6.45) is 0. The van der Waals surface area contributed by atoms with Gasteiger partial charge < -0.3 is 5.48 Å². The second-order valence-corrected chi connectivity index (χ2v) is 1.34. The predicted molar refractivity (Wildman–Crippen MR) is 20.0 cm³/mol. The van der Waals surface area contributed by atoms with Gasteiger partial charge in [0.05, 0.1) is 0 Å². The van der Waals surface area contributed by atoms with Gasteiger partial charge in [-0.15, -0.1) is 0 Å². The van der Waals surface area contributed by atoms with E-state index in [1.165, 1.54) is 0 Å². The molecule has 0 radical (unpaired) electrons. The van der Waals surface area contributed by atoms with Crippen molar-refractivity contribution < 1.29 is 45.6 Å². The van der Waals surface area contributed by atoms with Crippen molar-refractivity contribution in [3.05, 3.63) is 0 Å². The van der Waals surface area contributed by atoms with Crippen molar-refractivity contribution in [3.63, 3.8) is 0 Å². The summed E-state index contributed by atoms with van der Waals surface area (Å²) in [7, 11) is -4.67. The molecule has 0 heterocycles. The van der Waals surface area contributed by atoms with Gasteiger partial charge in [0.1, 0.15) is 0 Å². The Morgan fingerprint density at radius 1 is 1.12 bits per heavy atom. The average molecular weight is 198 g/mol. The van der Waals surface area contributed by atoms with Gasteiger partial charge in [-0.25, -0.2) is 0 Å². The Morgan fingerprint density at radius 2 is 1.12 bits per heavy atom. The Bertz CT molecular complexity index is 91.7. The fourth-order valence-corrected chi connectivity index (χ4v) is 0. The molecule has 0 aromatic carbocycles. The second kappa shape index (κ2) is 7.41. The molecule has 8 heteroatoms. The molecular formula is H5O6SZn. The third kappa shape index (κ3) is 1100. The van der Waals surface area contributed by atoms with Gasteiger partial charge in [-0.3, -0.25) is 9.11 Å². The van der Waals surface area contributed by atoms with E-state index in [9.17, 15) is 0 Å². The van der Waals surface area contributed by atoms with Gasteiger partial charge in [0.2, 0.25) is 0 Å². The molecule has 0 aromatic rings. The van der Waals surface area contributed by atoms with Gasteiger partial charge in [-0.2, -0.15) is 8.42 Å². The molecule has 0 atom stereocenters. The predicted octanol–water partition coefficient (Wildman–Crippen LogP) is -2.04. The third-order valence-electron chi connectivity index (χ3n) is 0. The maximum absolute atomic E-state index is 8.74. The van der Waals surface area contributed by atoms with Crippen LogP contribution in [0.1, 0.15) is 0 Å². The van der Waals surface area contributed by atoms with Crippen LogP contribution < -0.4 is 0 Å².